The minimum absolute atomic E-state index is 0.889. The number of hydrogen-bond acceptors (Lipinski definition) is 2. The van der Waals surface area contributed by atoms with E-state index in [0.717, 1.165) is 61.4 Å². The van der Waals surface area contributed by atoms with Crippen molar-refractivity contribution in [1.82, 2.24) is 4.57 Å². The van der Waals surface area contributed by atoms with Crippen molar-refractivity contribution in [3.8, 4) is 50.2 Å². The molecule has 0 bridgehead atoms. The minimum Gasteiger partial charge on any atom is -0.456 e. The third-order valence-electron chi connectivity index (χ3n) is 12.4. The van der Waals surface area contributed by atoms with E-state index < -0.39 is 0 Å². The predicted octanol–water partition coefficient (Wildman–Crippen LogP) is 16.8. The van der Waals surface area contributed by atoms with Crippen molar-refractivity contribution < 1.29 is 4.42 Å². The quantitative estimate of drug-likeness (QED) is 0.153. The zero-order valence-electron chi connectivity index (χ0n) is 34.4. The maximum absolute atomic E-state index is 6.32. The highest BCUT2D eigenvalue weighted by atomic mass is 16.3. The van der Waals surface area contributed by atoms with Crippen molar-refractivity contribution in [2.45, 2.75) is 0 Å². The van der Waals surface area contributed by atoms with Gasteiger partial charge >= 0.3 is 0 Å². The fraction of sp³-hybridized carbons (Fsp3) is 0. The van der Waals surface area contributed by atoms with Gasteiger partial charge in [-0.3, -0.25) is 0 Å². The van der Waals surface area contributed by atoms with Crippen molar-refractivity contribution in [3.63, 3.8) is 0 Å². The minimum atomic E-state index is 0.889. The molecule has 63 heavy (non-hydrogen) atoms. The summed E-state index contributed by atoms with van der Waals surface area (Å²) in [6.45, 7) is 0. The molecule has 12 rings (SSSR count). The molecule has 2 aromatic heterocycles. The van der Waals surface area contributed by atoms with Gasteiger partial charge in [0, 0.05) is 44.2 Å². The van der Waals surface area contributed by atoms with Crippen molar-refractivity contribution in [2.24, 2.45) is 0 Å². The Hall–Kier alpha value is -8.40. The molecule has 3 heteroatoms. The molecule has 0 N–H and O–H groups in total. The molecule has 0 aliphatic carbocycles. The fourth-order valence-corrected chi connectivity index (χ4v) is 9.47. The molecule has 10 aromatic carbocycles. The smallest absolute Gasteiger partial charge is 0.136 e. The number of fused-ring (bicyclic) bond motifs is 6. The molecule has 0 saturated carbocycles. The lowest BCUT2D eigenvalue weighted by Gasteiger charge is -2.26. The number of para-hydroxylation sites is 4. The molecule has 0 saturated heterocycles. The molecular formula is C60H40N2O. The largest absolute Gasteiger partial charge is 0.456 e. The molecule has 0 aliphatic heterocycles. The summed E-state index contributed by atoms with van der Waals surface area (Å²) in [7, 11) is 0. The first-order valence-corrected chi connectivity index (χ1v) is 21.5. The molecule has 2 heterocycles. The van der Waals surface area contributed by atoms with Gasteiger partial charge in [-0.2, -0.15) is 0 Å². The van der Waals surface area contributed by atoms with E-state index in [2.05, 4.69) is 240 Å². The zero-order valence-corrected chi connectivity index (χ0v) is 34.4. The summed E-state index contributed by atoms with van der Waals surface area (Å²) in [4.78, 5) is 2.37. The van der Waals surface area contributed by atoms with Crippen LogP contribution in [0.4, 0.5) is 17.1 Å². The summed E-state index contributed by atoms with van der Waals surface area (Å²) >= 11 is 0. The van der Waals surface area contributed by atoms with E-state index in [9.17, 15) is 0 Å². The third-order valence-corrected chi connectivity index (χ3v) is 12.4. The van der Waals surface area contributed by atoms with Gasteiger partial charge in [0.2, 0.25) is 0 Å². The highest BCUT2D eigenvalue weighted by molar-refractivity contribution is 6.13. The van der Waals surface area contributed by atoms with Gasteiger partial charge in [-0.25, -0.2) is 0 Å². The Labute approximate surface area is 366 Å². The van der Waals surface area contributed by atoms with Crippen molar-refractivity contribution in [1.29, 1.82) is 0 Å². The van der Waals surface area contributed by atoms with Crippen molar-refractivity contribution in [3.05, 3.63) is 243 Å². The molecule has 0 amide bonds. The lowest BCUT2D eigenvalue weighted by atomic mass is 9.98. The number of benzene rings is 10. The SMILES string of the molecule is c1ccc(-c2cccc(-c3ccc(N(c4ccc(-c5ccccc5-n5c6ccccc6c6ccccc65)cc4)c4cccc(-c5cccc6oc7ccccc7c56)c4)cc3)c2)cc1. The van der Waals surface area contributed by atoms with Gasteiger partial charge in [-0.15, -0.1) is 0 Å². The number of nitrogens with zero attached hydrogens (tertiary/aromatic N) is 2. The van der Waals surface area contributed by atoms with Crippen LogP contribution in [0.1, 0.15) is 0 Å². The molecule has 0 aliphatic rings. The second kappa shape index (κ2) is 15.3. The van der Waals surface area contributed by atoms with Crippen LogP contribution in [0, 0.1) is 0 Å². The van der Waals surface area contributed by atoms with Gasteiger partial charge in [0.15, 0.2) is 0 Å². The van der Waals surface area contributed by atoms with E-state index in [0.29, 0.717) is 0 Å². The highest BCUT2D eigenvalue weighted by Crippen LogP contribution is 2.42. The lowest BCUT2D eigenvalue weighted by Crippen LogP contribution is -2.10. The van der Waals surface area contributed by atoms with E-state index in [1.807, 2.05) is 12.1 Å². The Morgan fingerprint density at radius 2 is 0.810 bits per heavy atom. The fourth-order valence-electron chi connectivity index (χ4n) is 9.47. The van der Waals surface area contributed by atoms with E-state index in [1.54, 1.807) is 0 Å². The Bertz CT molecular complexity index is 3560. The van der Waals surface area contributed by atoms with E-state index in [-0.39, 0.29) is 0 Å². The summed E-state index contributed by atoms with van der Waals surface area (Å²) in [6, 6.07) is 87.1. The van der Waals surface area contributed by atoms with Crippen LogP contribution in [0.2, 0.25) is 0 Å². The van der Waals surface area contributed by atoms with Gasteiger partial charge in [-0.05, 0) is 112 Å². The average molecular weight is 805 g/mol. The third kappa shape index (κ3) is 6.38. The predicted molar refractivity (Wildman–Crippen MR) is 264 cm³/mol. The maximum Gasteiger partial charge on any atom is 0.136 e. The second-order valence-corrected chi connectivity index (χ2v) is 16.1. The first-order valence-electron chi connectivity index (χ1n) is 21.5. The maximum atomic E-state index is 6.32. The lowest BCUT2D eigenvalue weighted by molar-refractivity contribution is 0.669. The summed E-state index contributed by atoms with van der Waals surface area (Å²) in [5.74, 6) is 0. The zero-order chi connectivity index (χ0) is 41.7. The molecule has 3 nitrogen and oxygen atoms in total. The van der Waals surface area contributed by atoms with Crippen LogP contribution in [-0.2, 0) is 0 Å². The molecule has 0 unspecified atom stereocenters. The molecule has 12 aromatic rings. The Morgan fingerprint density at radius 1 is 0.302 bits per heavy atom. The number of furan rings is 1. The van der Waals surface area contributed by atoms with Gasteiger partial charge in [0.05, 0.1) is 16.7 Å². The van der Waals surface area contributed by atoms with Crippen LogP contribution >= 0.6 is 0 Å². The Kier molecular flexibility index (Phi) is 8.83. The normalized spacial score (nSPS) is 11.5. The number of hydrogen-bond donors (Lipinski definition) is 0. The van der Waals surface area contributed by atoms with Crippen LogP contribution in [-0.4, -0.2) is 4.57 Å². The van der Waals surface area contributed by atoms with Crippen LogP contribution < -0.4 is 4.90 Å². The molecule has 0 radical (unpaired) electrons. The van der Waals surface area contributed by atoms with Crippen molar-refractivity contribution in [2.75, 3.05) is 4.90 Å². The van der Waals surface area contributed by atoms with E-state index in [4.69, 9.17) is 4.42 Å². The summed E-state index contributed by atoms with van der Waals surface area (Å²) in [6.07, 6.45) is 0. The molecule has 0 spiro atoms. The topological polar surface area (TPSA) is 21.3 Å². The van der Waals surface area contributed by atoms with Crippen molar-refractivity contribution >= 4 is 60.8 Å². The Morgan fingerprint density at radius 3 is 1.54 bits per heavy atom. The Balaban J connectivity index is 0.974. The first kappa shape index (κ1) is 36.5. The summed E-state index contributed by atoms with van der Waals surface area (Å²) in [5, 5.41) is 4.76. The number of aromatic nitrogens is 1. The standard InChI is InChI=1S/C60H40N2O/c1-2-15-41(16-3-1)44-17-12-18-45(39-44)42-31-35-47(36-32-42)61(49-20-13-19-46(40-49)51-25-14-30-59-60(51)54-24-7-11-29-58(54)63-59)48-37-33-43(34-38-48)50-21-4-8-26-55(50)62-56-27-9-5-22-52(56)53-23-6-10-28-57(53)62/h1-40H. The van der Waals surface area contributed by atoms with Gasteiger partial charge in [0.1, 0.15) is 11.2 Å². The number of anilines is 3. The monoisotopic (exact) mass is 804 g/mol. The highest BCUT2D eigenvalue weighted by Gasteiger charge is 2.19. The van der Waals surface area contributed by atoms with Gasteiger partial charge < -0.3 is 13.9 Å². The first-order chi connectivity index (χ1) is 31.2. The molecule has 0 atom stereocenters. The van der Waals surface area contributed by atoms with Gasteiger partial charge in [-0.1, -0.05) is 170 Å². The summed E-state index contributed by atoms with van der Waals surface area (Å²) in [5.41, 5.74) is 17.9. The van der Waals surface area contributed by atoms with E-state index >= 15 is 0 Å². The van der Waals surface area contributed by atoms with Crippen LogP contribution in [0.15, 0.2) is 247 Å². The van der Waals surface area contributed by atoms with Crippen LogP contribution in [0.5, 0.6) is 0 Å². The summed E-state index contributed by atoms with van der Waals surface area (Å²) < 4.78 is 8.73. The van der Waals surface area contributed by atoms with Gasteiger partial charge in [0.25, 0.3) is 0 Å². The van der Waals surface area contributed by atoms with E-state index in [1.165, 1.54) is 49.6 Å². The van der Waals surface area contributed by atoms with Crippen LogP contribution in [0.3, 0.4) is 0 Å². The molecular weight excluding hydrogens is 765 g/mol. The number of rotatable bonds is 8. The van der Waals surface area contributed by atoms with Crippen LogP contribution in [0.25, 0.3) is 93.9 Å². The second-order valence-electron chi connectivity index (χ2n) is 16.1. The molecule has 296 valence electrons. The average Bonchev–Trinajstić information content (AvgIpc) is 3.91. The molecule has 0 fully saturated rings.